The van der Waals surface area contributed by atoms with Gasteiger partial charge in [-0.3, -0.25) is 24.4 Å². The predicted octanol–water partition coefficient (Wildman–Crippen LogP) is 1.09. The van der Waals surface area contributed by atoms with Crippen molar-refractivity contribution in [2.45, 2.75) is 37.2 Å². The number of aryl methyl sites for hydroxylation is 1. The third-order valence-electron chi connectivity index (χ3n) is 5.62. The van der Waals surface area contributed by atoms with Crippen molar-refractivity contribution < 1.29 is 27.4 Å². The lowest BCUT2D eigenvalue weighted by molar-refractivity contribution is -0.136. The molecule has 0 saturated carbocycles. The lowest BCUT2D eigenvalue weighted by atomic mass is 10.0. The number of carbonyl (C=O) groups excluding carboxylic acids is 3. The number of fused-ring (bicyclic) bond motifs is 2. The Kier molecular flexibility index (Phi) is 4.48. The second-order valence-corrected chi connectivity index (χ2v) is 9.34. The third kappa shape index (κ3) is 3.19. The summed E-state index contributed by atoms with van der Waals surface area (Å²) in [7, 11) is -4.03. The Morgan fingerprint density at radius 3 is 2.75 bits per heavy atom. The number of anilines is 1. The first kappa shape index (κ1) is 20.1. The van der Waals surface area contributed by atoms with Crippen molar-refractivity contribution in [2.24, 2.45) is 0 Å². The molecule has 1 fully saturated rings. The zero-order valence-corrected chi connectivity index (χ0v) is 17.6. The Hall–Kier alpha value is -3.80. The molecule has 1 aromatic heterocycles. The average Bonchev–Trinajstić information content (AvgIpc) is 3.32. The maximum atomic E-state index is 13.1. The first-order valence-corrected chi connectivity index (χ1v) is 11.3. The average molecular weight is 455 g/mol. The molecule has 12 heteroatoms. The third-order valence-corrected chi connectivity index (χ3v) is 7.18. The van der Waals surface area contributed by atoms with Gasteiger partial charge in [0.15, 0.2) is 5.52 Å². The van der Waals surface area contributed by atoms with Crippen LogP contribution in [0.3, 0.4) is 0 Å². The van der Waals surface area contributed by atoms with Gasteiger partial charge in [-0.25, -0.2) is 13.0 Å². The van der Waals surface area contributed by atoms with E-state index in [9.17, 15) is 22.8 Å². The number of piperidine rings is 1. The molecule has 3 aromatic rings. The number of benzene rings is 2. The van der Waals surface area contributed by atoms with E-state index in [-0.39, 0.29) is 47.3 Å². The van der Waals surface area contributed by atoms with Gasteiger partial charge in [-0.2, -0.15) is 0 Å². The summed E-state index contributed by atoms with van der Waals surface area (Å²) in [6.45, 7) is 1.78. The number of amides is 3. The van der Waals surface area contributed by atoms with Gasteiger partial charge in [0.25, 0.3) is 15.9 Å². The second-order valence-electron chi connectivity index (χ2n) is 7.72. The quantitative estimate of drug-likeness (QED) is 0.555. The molecule has 0 spiro atoms. The molecule has 0 radical (unpaired) electrons. The molecule has 0 aliphatic carbocycles. The molecule has 1 saturated heterocycles. The zero-order valence-electron chi connectivity index (χ0n) is 16.8. The SMILES string of the molecule is Cc1ccc2nonc2c1S(=O)(=O)Nc1ccc2c(c1)CN(C1CCC(=O)NC1=O)C2=O. The van der Waals surface area contributed by atoms with E-state index in [0.717, 1.165) is 0 Å². The molecular weight excluding hydrogens is 438 g/mol. The smallest absolute Gasteiger partial charge is 0.264 e. The molecule has 1 unspecified atom stereocenters. The predicted molar refractivity (Wildman–Crippen MR) is 110 cm³/mol. The van der Waals surface area contributed by atoms with Crippen molar-refractivity contribution in [1.29, 1.82) is 0 Å². The number of carbonyl (C=O) groups is 3. The highest BCUT2D eigenvalue weighted by molar-refractivity contribution is 7.93. The fourth-order valence-corrected chi connectivity index (χ4v) is 5.54. The number of hydrogen-bond donors (Lipinski definition) is 2. The maximum Gasteiger partial charge on any atom is 0.264 e. The van der Waals surface area contributed by atoms with E-state index in [4.69, 9.17) is 0 Å². The molecule has 5 rings (SSSR count). The van der Waals surface area contributed by atoms with Gasteiger partial charge in [-0.15, -0.1) is 0 Å². The van der Waals surface area contributed by atoms with Crippen LogP contribution in [0, 0.1) is 6.92 Å². The van der Waals surface area contributed by atoms with Gasteiger partial charge in [0, 0.05) is 24.2 Å². The van der Waals surface area contributed by atoms with E-state index in [2.05, 4.69) is 25.0 Å². The van der Waals surface area contributed by atoms with Gasteiger partial charge < -0.3 is 4.90 Å². The van der Waals surface area contributed by atoms with E-state index in [1.54, 1.807) is 25.1 Å². The van der Waals surface area contributed by atoms with Gasteiger partial charge in [0.2, 0.25) is 11.8 Å². The van der Waals surface area contributed by atoms with Crippen LogP contribution in [-0.2, 0) is 26.2 Å². The molecule has 2 aromatic carbocycles. The summed E-state index contributed by atoms with van der Waals surface area (Å²) in [5.41, 5.74) is 2.14. The van der Waals surface area contributed by atoms with Crippen molar-refractivity contribution in [3.8, 4) is 0 Å². The van der Waals surface area contributed by atoms with Crippen molar-refractivity contribution >= 4 is 44.5 Å². The van der Waals surface area contributed by atoms with Crippen molar-refractivity contribution in [2.75, 3.05) is 4.72 Å². The van der Waals surface area contributed by atoms with Crippen LogP contribution in [-0.4, -0.2) is 47.4 Å². The summed E-state index contributed by atoms with van der Waals surface area (Å²) in [4.78, 5) is 37.7. The normalized spacial score (nSPS) is 18.7. The zero-order chi connectivity index (χ0) is 22.6. The number of rotatable bonds is 4. The monoisotopic (exact) mass is 455 g/mol. The molecule has 2 N–H and O–H groups in total. The highest BCUT2D eigenvalue weighted by Crippen LogP contribution is 2.31. The van der Waals surface area contributed by atoms with Crippen LogP contribution in [0.4, 0.5) is 5.69 Å². The lowest BCUT2D eigenvalue weighted by Crippen LogP contribution is -2.52. The van der Waals surface area contributed by atoms with E-state index < -0.39 is 22.0 Å². The molecule has 11 nitrogen and oxygen atoms in total. The van der Waals surface area contributed by atoms with Crippen LogP contribution in [0.5, 0.6) is 0 Å². The molecule has 3 amide bonds. The van der Waals surface area contributed by atoms with Crippen LogP contribution in [0.2, 0.25) is 0 Å². The summed E-state index contributed by atoms with van der Waals surface area (Å²) in [6, 6.07) is 7.05. The largest absolute Gasteiger partial charge is 0.322 e. The number of sulfonamides is 1. The first-order valence-electron chi connectivity index (χ1n) is 9.77. The summed E-state index contributed by atoms with van der Waals surface area (Å²) < 4.78 is 33.4. The molecule has 2 aliphatic rings. The standard InChI is InChI=1S/C20H17N5O6S/c1-10-2-5-14-17(23-31-22-14)18(10)32(29,30)24-12-3-4-13-11(8-12)9-25(20(13)28)15-6-7-16(26)21-19(15)27/h2-5,8,15,24H,6-7,9H2,1H3,(H,21,26,27). The molecule has 0 bridgehead atoms. The van der Waals surface area contributed by atoms with Crippen molar-refractivity contribution in [1.82, 2.24) is 20.5 Å². The Bertz CT molecular complexity index is 1410. The molecule has 2 aliphatic heterocycles. The highest BCUT2D eigenvalue weighted by Gasteiger charge is 2.39. The molecule has 32 heavy (non-hydrogen) atoms. The van der Waals surface area contributed by atoms with E-state index in [0.29, 0.717) is 22.2 Å². The van der Waals surface area contributed by atoms with E-state index >= 15 is 0 Å². The second kappa shape index (κ2) is 7.12. The fraction of sp³-hybridized carbons (Fsp3) is 0.250. The summed E-state index contributed by atoms with van der Waals surface area (Å²) in [5.74, 6) is -1.20. The number of nitrogens with zero attached hydrogens (tertiary/aromatic N) is 3. The Balaban J connectivity index is 1.43. The van der Waals surface area contributed by atoms with Crippen molar-refractivity contribution in [3.63, 3.8) is 0 Å². The Labute approximate surface area is 181 Å². The molecule has 164 valence electrons. The van der Waals surface area contributed by atoms with Gasteiger partial charge in [0.1, 0.15) is 16.5 Å². The van der Waals surface area contributed by atoms with Gasteiger partial charge in [-0.1, -0.05) is 6.07 Å². The summed E-state index contributed by atoms with van der Waals surface area (Å²) in [6.07, 6.45) is 0.405. The first-order chi connectivity index (χ1) is 15.2. The minimum Gasteiger partial charge on any atom is -0.322 e. The van der Waals surface area contributed by atoms with Crippen LogP contribution in [0.15, 0.2) is 39.9 Å². The minimum absolute atomic E-state index is 0.0435. The van der Waals surface area contributed by atoms with Crippen LogP contribution < -0.4 is 10.0 Å². The van der Waals surface area contributed by atoms with Crippen LogP contribution in [0.25, 0.3) is 11.0 Å². The number of imide groups is 1. The molecule has 3 heterocycles. The molecule has 1 atom stereocenters. The van der Waals surface area contributed by atoms with Gasteiger partial charge in [-0.05, 0) is 59.1 Å². The van der Waals surface area contributed by atoms with Crippen LogP contribution in [0.1, 0.15) is 34.3 Å². The topological polar surface area (TPSA) is 152 Å². The summed E-state index contributed by atoms with van der Waals surface area (Å²) >= 11 is 0. The fourth-order valence-electron chi connectivity index (χ4n) is 4.11. The van der Waals surface area contributed by atoms with Gasteiger partial charge in [0.05, 0.1) is 0 Å². The van der Waals surface area contributed by atoms with Crippen molar-refractivity contribution in [3.05, 3.63) is 47.0 Å². The summed E-state index contributed by atoms with van der Waals surface area (Å²) in [5, 5.41) is 9.65. The number of nitrogens with one attached hydrogen (secondary N) is 2. The van der Waals surface area contributed by atoms with E-state index in [1.807, 2.05) is 0 Å². The number of aromatic nitrogens is 2. The molecular formula is C20H17N5O6S. The number of hydrogen-bond acceptors (Lipinski definition) is 8. The highest BCUT2D eigenvalue weighted by atomic mass is 32.2. The maximum absolute atomic E-state index is 13.1. The Morgan fingerprint density at radius 2 is 1.97 bits per heavy atom. The van der Waals surface area contributed by atoms with E-state index in [1.165, 1.54) is 17.0 Å². The lowest BCUT2D eigenvalue weighted by Gasteiger charge is -2.29. The van der Waals surface area contributed by atoms with Gasteiger partial charge >= 0.3 is 0 Å². The van der Waals surface area contributed by atoms with Crippen LogP contribution >= 0.6 is 0 Å². The minimum atomic E-state index is -4.03. The Morgan fingerprint density at radius 1 is 1.16 bits per heavy atom.